The Kier molecular flexibility index (Phi) is 5.30. The van der Waals surface area contributed by atoms with Crippen molar-refractivity contribution in [1.82, 2.24) is 9.80 Å². The molecular weight excluding hydrogens is 379 g/mol. The van der Waals surface area contributed by atoms with Crippen molar-refractivity contribution in [2.45, 2.75) is 12.5 Å². The quantitative estimate of drug-likeness (QED) is 0.780. The van der Waals surface area contributed by atoms with Gasteiger partial charge in [-0.25, -0.2) is 4.39 Å². The molecule has 6 heteroatoms. The summed E-state index contributed by atoms with van der Waals surface area (Å²) in [5.74, 6) is 1.33. The summed E-state index contributed by atoms with van der Waals surface area (Å²) in [4.78, 5) is 17.1. The zero-order valence-electron chi connectivity index (χ0n) is 16.1. The normalized spacial score (nSPS) is 24.4. The van der Waals surface area contributed by atoms with Gasteiger partial charge in [-0.2, -0.15) is 0 Å². The van der Waals surface area contributed by atoms with Gasteiger partial charge in [-0.15, -0.1) is 0 Å². The maximum atomic E-state index is 13.6. The van der Waals surface area contributed by atoms with Gasteiger partial charge in [0.15, 0.2) is 0 Å². The predicted molar refractivity (Wildman–Crippen MR) is 107 cm³/mol. The molecule has 0 unspecified atom stereocenters. The van der Waals surface area contributed by atoms with Crippen molar-refractivity contribution >= 4 is 17.5 Å². The number of hydrogen-bond acceptors (Lipinski definition) is 3. The van der Waals surface area contributed by atoms with Crippen molar-refractivity contribution in [3.63, 3.8) is 0 Å². The Morgan fingerprint density at radius 1 is 1.18 bits per heavy atom. The number of likely N-dealkylation sites (tertiary alicyclic amines) is 2. The summed E-state index contributed by atoms with van der Waals surface area (Å²) >= 11 is 5.92. The molecule has 3 atom stereocenters. The molecule has 0 spiro atoms. The Balaban J connectivity index is 1.46. The number of ether oxygens (including phenoxy) is 1. The highest BCUT2D eigenvalue weighted by atomic mass is 35.5. The number of benzene rings is 2. The summed E-state index contributed by atoms with van der Waals surface area (Å²) in [5, 5.41) is 0.322. The van der Waals surface area contributed by atoms with Gasteiger partial charge in [0.05, 0.1) is 13.5 Å². The second kappa shape index (κ2) is 7.72. The van der Waals surface area contributed by atoms with E-state index in [0.29, 0.717) is 22.4 Å². The van der Waals surface area contributed by atoms with Gasteiger partial charge in [0, 0.05) is 36.6 Å². The number of carbonyl (C=O) groups excluding carboxylic acids is 1. The summed E-state index contributed by atoms with van der Waals surface area (Å²) in [6.07, 6.45) is 0.181. The van der Waals surface area contributed by atoms with Gasteiger partial charge < -0.3 is 9.64 Å². The Morgan fingerprint density at radius 3 is 2.61 bits per heavy atom. The van der Waals surface area contributed by atoms with Crippen molar-refractivity contribution < 1.29 is 13.9 Å². The molecule has 4 rings (SSSR count). The fourth-order valence-electron chi connectivity index (χ4n) is 4.76. The van der Waals surface area contributed by atoms with E-state index < -0.39 is 5.82 Å². The minimum Gasteiger partial charge on any atom is -0.497 e. The standard InChI is InChI=1S/C22H24ClFN2O2/c1-25-11-16-12-26(21(27)9-14-7-17(23)10-18(24)8-14)13-20(16)22(25)15-3-5-19(28-2)6-4-15/h3-8,10,16,20,22H,9,11-13H2,1-2H3/t16-,20+,22-/m0/s1. The molecule has 148 valence electrons. The Labute approximate surface area is 169 Å². The predicted octanol–water partition coefficient (Wildman–Crippen LogP) is 3.79. The van der Waals surface area contributed by atoms with Gasteiger partial charge in [-0.3, -0.25) is 9.69 Å². The number of hydrogen-bond donors (Lipinski definition) is 0. The third-order valence-electron chi connectivity index (χ3n) is 5.98. The van der Waals surface area contributed by atoms with Gasteiger partial charge in [0.25, 0.3) is 0 Å². The van der Waals surface area contributed by atoms with Crippen LogP contribution in [-0.2, 0) is 11.2 Å². The molecule has 0 radical (unpaired) electrons. The molecule has 2 aliphatic rings. The molecule has 2 saturated heterocycles. The van der Waals surface area contributed by atoms with E-state index in [1.165, 1.54) is 17.7 Å². The van der Waals surface area contributed by atoms with Gasteiger partial charge in [-0.1, -0.05) is 23.7 Å². The number of fused-ring (bicyclic) bond motifs is 1. The summed E-state index contributed by atoms with van der Waals surface area (Å²) in [7, 11) is 3.81. The van der Waals surface area contributed by atoms with Crippen LogP contribution in [0.3, 0.4) is 0 Å². The van der Waals surface area contributed by atoms with Crippen molar-refractivity contribution in [3.05, 3.63) is 64.4 Å². The monoisotopic (exact) mass is 402 g/mol. The number of methoxy groups -OCH3 is 1. The second-order valence-corrected chi connectivity index (χ2v) is 8.27. The smallest absolute Gasteiger partial charge is 0.227 e. The van der Waals surface area contributed by atoms with Crippen LogP contribution in [0.25, 0.3) is 0 Å². The fraction of sp³-hybridized carbons (Fsp3) is 0.409. The van der Waals surface area contributed by atoms with Crippen molar-refractivity contribution in [1.29, 1.82) is 0 Å². The van der Waals surface area contributed by atoms with E-state index >= 15 is 0 Å². The van der Waals surface area contributed by atoms with Crippen LogP contribution in [0.1, 0.15) is 17.2 Å². The van der Waals surface area contributed by atoms with E-state index in [0.717, 1.165) is 25.4 Å². The number of carbonyl (C=O) groups is 1. The van der Waals surface area contributed by atoms with Crippen molar-refractivity contribution in [3.8, 4) is 5.75 Å². The first-order chi connectivity index (χ1) is 13.4. The third kappa shape index (κ3) is 3.74. The Bertz CT molecular complexity index is 853. The van der Waals surface area contributed by atoms with E-state index in [4.69, 9.17) is 16.3 Å². The van der Waals surface area contributed by atoms with Gasteiger partial charge in [-0.05, 0) is 54.4 Å². The van der Waals surface area contributed by atoms with E-state index in [1.807, 2.05) is 17.0 Å². The molecule has 28 heavy (non-hydrogen) atoms. The first-order valence-corrected chi connectivity index (χ1v) is 9.89. The highest BCUT2D eigenvalue weighted by molar-refractivity contribution is 6.30. The molecule has 0 aromatic heterocycles. The van der Waals surface area contributed by atoms with Crippen LogP contribution in [-0.4, -0.2) is 49.5 Å². The van der Waals surface area contributed by atoms with Crippen LogP contribution in [0.15, 0.2) is 42.5 Å². The van der Waals surface area contributed by atoms with Crippen LogP contribution in [0.4, 0.5) is 4.39 Å². The lowest BCUT2D eigenvalue weighted by Crippen LogP contribution is -2.34. The van der Waals surface area contributed by atoms with E-state index in [9.17, 15) is 9.18 Å². The number of rotatable bonds is 4. The lowest BCUT2D eigenvalue weighted by atomic mass is 9.89. The van der Waals surface area contributed by atoms with Crippen LogP contribution in [0.5, 0.6) is 5.75 Å². The molecular formula is C22H24ClFN2O2. The van der Waals surface area contributed by atoms with Crippen LogP contribution >= 0.6 is 11.6 Å². The largest absolute Gasteiger partial charge is 0.497 e. The summed E-state index contributed by atoms with van der Waals surface area (Å²) < 4.78 is 18.8. The fourth-order valence-corrected chi connectivity index (χ4v) is 5.01. The molecule has 2 fully saturated rings. The second-order valence-electron chi connectivity index (χ2n) is 7.83. The van der Waals surface area contributed by atoms with Crippen LogP contribution in [0.2, 0.25) is 5.02 Å². The first-order valence-electron chi connectivity index (χ1n) is 9.51. The minimum atomic E-state index is -0.408. The van der Waals surface area contributed by atoms with E-state index in [2.05, 4.69) is 24.1 Å². The minimum absolute atomic E-state index is 0.0344. The van der Waals surface area contributed by atoms with Gasteiger partial charge >= 0.3 is 0 Å². The summed E-state index contributed by atoms with van der Waals surface area (Å²) in [6, 6.07) is 12.8. The third-order valence-corrected chi connectivity index (χ3v) is 6.20. The number of halogens is 2. The van der Waals surface area contributed by atoms with Gasteiger partial charge in [0.1, 0.15) is 11.6 Å². The molecule has 2 heterocycles. The molecule has 0 bridgehead atoms. The zero-order chi connectivity index (χ0) is 19.8. The molecule has 1 amide bonds. The molecule has 0 saturated carbocycles. The lowest BCUT2D eigenvalue weighted by Gasteiger charge is -2.27. The first kappa shape index (κ1) is 19.2. The lowest BCUT2D eigenvalue weighted by molar-refractivity contribution is -0.129. The molecule has 4 nitrogen and oxygen atoms in total. The van der Waals surface area contributed by atoms with Crippen molar-refractivity contribution in [2.75, 3.05) is 33.8 Å². The average Bonchev–Trinajstić information content (AvgIpc) is 3.17. The van der Waals surface area contributed by atoms with E-state index in [1.54, 1.807) is 13.2 Å². The van der Waals surface area contributed by atoms with Crippen molar-refractivity contribution in [2.24, 2.45) is 11.8 Å². The highest BCUT2D eigenvalue weighted by Crippen LogP contribution is 2.44. The maximum absolute atomic E-state index is 13.6. The van der Waals surface area contributed by atoms with Crippen LogP contribution in [0, 0.1) is 17.7 Å². The maximum Gasteiger partial charge on any atom is 0.227 e. The number of nitrogens with zero attached hydrogens (tertiary/aromatic N) is 2. The zero-order valence-corrected chi connectivity index (χ0v) is 16.8. The molecule has 2 aliphatic heterocycles. The summed E-state index contributed by atoms with van der Waals surface area (Å²) in [5.41, 5.74) is 1.87. The summed E-state index contributed by atoms with van der Waals surface area (Å²) in [6.45, 7) is 2.45. The molecule has 2 aromatic rings. The highest BCUT2D eigenvalue weighted by Gasteiger charge is 2.47. The average molecular weight is 403 g/mol. The van der Waals surface area contributed by atoms with Crippen LogP contribution < -0.4 is 4.74 Å². The topological polar surface area (TPSA) is 32.8 Å². The SMILES string of the molecule is COc1ccc([C@H]2[C@@H]3CN(C(=O)Cc4cc(F)cc(Cl)c4)C[C@@H]3CN2C)cc1. The Morgan fingerprint density at radius 2 is 1.93 bits per heavy atom. The Hall–Kier alpha value is -2.11. The molecule has 2 aromatic carbocycles. The van der Waals surface area contributed by atoms with Gasteiger partial charge in [0.2, 0.25) is 5.91 Å². The molecule has 0 N–H and O–H groups in total. The van der Waals surface area contributed by atoms with E-state index in [-0.39, 0.29) is 18.4 Å². The molecule has 0 aliphatic carbocycles. The number of amides is 1.